The summed E-state index contributed by atoms with van der Waals surface area (Å²) >= 11 is 0.812. The van der Waals surface area contributed by atoms with Crippen LogP contribution in [0.25, 0.3) is 10.3 Å². The second kappa shape index (κ2) is 5.35. The Hall–Kier alpha value is -2.11. The second-order valence-electron chi connectivity index (χ2n) is 4.55. The molecular formula is C10H13N7O3S. The number of ether oxygens (including phenoxy) is 1. The SMILES string of the molecule is N=NNc1nc2c(sc(=O)n2[C@H]2CC[C@@H](CN)O2)c(=O)[nH]1. The van der Waals surface area contributed by atoms with Gasteiger partial charge in [-0.25, -0.2) is 5.43 Å². The van der Waals surface area contributed by atoms with Gasteiger partial charge in [0, 0.05) is 6.54 Å². The number of nitrogens with zero attached hydrogens (tertiary/aromatic N) is 3. The molecule has 0 radical (unpaired) electrons. The molecular weight excluding hydrogens is 298 g/mol. The van der Waals surface area contributed by atoms with Gasteiger partial charge in [0.2, 0.25) is 5.95 Å². The minimum Gasteiger partial charge on any atom is -0.353 e. The third kappa shape index (κ3) is 2.34. The summed E-state index contributed by atoms with van der Waals surface area (Å²) in [5.74, 6) is 0.00224. The van der Waals surface area contributed by atoms with E-state index in [2.05, 4.69) is 20.6 Å². The molecule has 1 aliphatic rings. The topological polar surface area (TPSA) is 151 Å². The van der Waals surface area contributed by atoms with Crippen LogP contribution in [0.5, 0.6) is 0 Å². The number of thiazole rings is 1. The fourth-order valence-electron chi connectivity index (χ4n) is 2.34. The molecule has 1 aliphatic heterocycles. The van der Waals surface area contributed by atoms with E-state index in [1.807, 2.05) is 0 Å². The summed E-state index contributed by atoms with van der Waals surface area (Å²) in [6.07, 6.45) is 0.809. The molecule has 11 heteroatoms. The first kappa shape index (κ1) is 13.9. The van der Waals surface area contributed by atoms with Gasteiger partial charge in [-0.15, -0.1) is 0 Å². The van der Waals surface area contributed by atoms with Crippen LogP contribution in [0.15, 0.2) is 14.8 Å². The fourth-order valence-corrected chi connectivity index (χ4v) is 3.19. The molecule has 0 spiro atoms. The molecule has 0 aromatic carbocycles. The van der Waals surface area contributed by atoms with E-state index in [1.165, 1.54) is 4.57 Å². The molecule has 10 nitrogen and oxygen atoms in total. The minimum absolute atomic E-state index is 0.00224. The van der Waals surface area contributed by atoms with E-state index in [0.29, 0.717) is 13.0 Å². The van der Waals surface area contributed by atoms with Gasteiger partial charge in [-0.05, 0) is 12.8 Å². The number of nitrogens with two attached hydrogens (primary N) is 1. The average Bonchev–Trinajstić information content (AvgIpc) is 3.03. The molecule has 1 saturated heterocycles. The number of nitrogens with one attached hydrogen (secondary N) is 3. The zero-order valence-electron chi connectivity index (χ0n) is 10.8. The lowest BCUT2D eigenvalue weighted by molar-refractivity contribution is 0.00772. The Balaban J connectivity index is 2.13. The summed E-state index contributed by atoms with van der Waals surface area (Å²) in [4.78, 5) is 30.3. The molecule has 21 heavy (non-hydrogen) atoms. The number of rotatable bonds is 4. The Labute approximate surface area is 121 Å². The van der Waals surface area contributed by atoms with E-state index < -0.39 is 11.8 Å². The number of H-pyrrole nitrogens is 1. The predicted molar refractivity (Wildman–Crippen MR) is 75.5 cm³/mol. The van der Waals surface area contributed by atoms with Crippen LogP contribution in [0, 0.1) is 5.53 Å². The van der Waals surface area contributed by atoms with Crippen molar-refractivity contribution in [3.8, 4) is 0 Å². The minimum atomic E-state index is -0.477. The van der Waals surface area contributed by atoms with E-state index in [9.17, 15) is 9.59 Å². The van der Waals surface area contributed by atoms with Gasteiger partial charge in [0.25, 0.3) is 5.56 Å². The first-order valence-electron chi connectivity index (χ1n) is 6.27. The third-order valence-corrected chi connectivity index (χ3v) is 4.21. The van der Waals surface area contributed by atoms with Gasteiger partial charge in [0.15, 0.2) is 5.65 Å². The number of aromatic nitrogens is 3. The largest absolute Gasteiger partial charge is 0.353 e. The Morgan fingerprint density at radius 3 is 3.05 bits per heavy atom. The fraction of sp³-hybridized carbons (Fsp3) is 0.500. The van der Waals surface area contributed by atoms with Crippen molar-refractivity contribution in [2.45, 2.75) is 25.2 Å². The molecule has 2 aromatic heterocycles. The van der Waals surface area contributed by atoms with Crippen molar-refractivity contribution < 1.29 is 4.74 Å². The summed E-state index contributed by atoms with van der Waals surface area (Å²) in [6, 6.07) is 0. The Morgan fingerprint density at radius 1 is 1.57 bits per heavy atom. The van der Waals surface area contributed by atoms with Crippen molar-refractivity contribution in [1.29, 1.82) is 5.53 Å². The summed E-state index contributed by atoms with van der Waals surface area (Å²) in [6.45, 7) is 0.381. The van der Waals surface area contributed by atoms with Gasteiger partial charge < -0.3 is 10.5 Å². The summed E-state index contributed by atoms with van der Waals surface area (Å²) in [5, 5.41) is 2.95. The molecule has 0 saturated carbocycles. The molecule has 5 N–H and O–H groups in total. The van der Waals surface area contributed by atoms with E-state index in [4.69, 9.17) is 16.0 Å². The molecule has 2 atom stereocenters. The van der Waals surface area contributed by atoms with Crippen molar-refractivity contribution in [3.05, 3.63) is 20.0 Å². The first-order valence-corrected chi connectivity index (χ1v) is 7.09. The van der Waals surface area contributed by atoms with Crippen molar-refractivity contribution >= 4 is 27.6 Å². The average molecular weight is 311 g/mol. The maximum absolute atomic E-state index is 12.1. The van der Waals surface area contributed by atoms with Gasteiger partial charge in [-0.2, -0.15) is 10.5 Å². The van der Waals surface area contributed by atoms with Crippen molar-refractivity contribution in [3.63, 3.8) is 0 Å². The number of hydrogen-bond acceptors (Lipinski definition) is 8. The molecule has 0 aliphatic carbocycles. The van der Waals surface area contributed by atoms with Crippen LogP contribution in [-0.4, -0.2) is 27.2 Å². The van der Waals surface area contributed by atoms with E-state index in [1.54, 1.807) is 0 Å². The van der Waals surface area contributed by atoms with Crippen LogP contribution >= 0.6 is 11.3 Å². The molecule has 0 amide bonds. The standard InChI is InChI=1S/C10H13N7O3S/c11-3-4-1-2-5(20-4)17-7-6(21-10(17)19)8(18)14-9(13-7)15-16-12/h4-5H,1-3,11H2,(H3,12,13,14,15,18)/t4-,5+/m0/s1. The molecule has 1 fully saturated rings. The molecule has 0 bridgehead atoms. The molecule has 2 aromatic rings. The monoisotopic (exact) mass is 311 g/mol. The van der Waals surface area contributed by atoms with Crippen molar-refractivity contribution in [1.82, 2.24) is 14.5 Å². The van der Waals surface area contributed by atoms with Gasteiger partial charge >= 0.3 is 4.87 Å². The Morgan fingerprint density at radius 2 is 2.38 bits per heavy atom. The highest BCUT2D eigenvalue weighted by Gasteiger charge is 2.29. The number of hydrogen-bond donors (Lipinski definition) is 4. The highest BCUT2D eigenvalue weighted by molar-refractivity contribution is 7.16. The van der Waals surface area contributed by atoms with Gasteiger partial charge in [-0.3, -0.25) is 19.1 Å². The summed E-state index contributed by atoms with van der Waals surface area (Å²) in [5.41, 5.74) is 14.3. The van der Waals surface area contributed by atoms with Gasteiger partial charge in [0.1, 0.15) is 10.9 Å². The van der Waals surface area contributed by atoms with Crippen LogP contribution in [0.3, 0.4) is 0 Å². The van der Waals surface area contributed by atoms with Crippen LogP contribution in [-0.2, 0) is 4.74 Å². The molecule has 3 heterocycles. The van der Waals surface area contributed by atoms with Gasteiger partial charge in [0.05, 0.1) is 6.10 Å². The maximum atomic E-state index is 12.1. The van der Waals surface area contributed by atoms with Crippen LogP contribution in [0.2, 0.25) is 0 Å². The number of fused-ring (bicyclic) bond motifs is 1. The molecule has 3 rings (SSSR count). The van der Waals surface area contributed by atoms with E-state index in [-0.39, 0.29) is 27.3 Å². The first-order chi connectivity index (χ1) is 10.1. The van der Waals surface area contributed by atoms with Crippen LogP contribution < -0.4 is 21.6 Å². The van der Waals surface area contributed by atoms with Gasteiger partial charge in [-0.1, -0.05) is 16.6 Å². The van der Waals surface area contributed by atoms with E-state index >= 15 is 0 Å². The van der Waals surface area contributed by atoms with Crippen LogP contribution in [0.4, 0.5) is 5.95 Å². The quantitative estimate of drug-likeness (QED) is 0.465. The number of aromatic amines is 1. The zero-order chi connectivity index (χ0) is 15.0. The zero-order valence-corrected chi connectivity index (χ0v) is 11.6. The predicted octanol–water partition coefficient (Wildman–Crippen LogP) is 0.140. The summed E-state index contributed by atoms with van der Waals surface area (Å²) in [7, 11) is 0. The molecule has 112 valence electrons. The Bertz CT molecular complexity index is 794. The normalized spacial score (nSPS) is 21.8. The van der Waals surface area contributed by atoms with Crippen LogP contribution in [0.1, 0.15) is 19.1 Å². The Kier molecular flexibility index (Phi) is 3.53. The second-order valence-corrected chi connectivity index (χ2v) is 5.52. The summed E-state index contributed by atoms with van der Waals surface area (Å²) < 4.78 is 7.27. The van der Waals surface area contributed by atoms with Crippen molar-refractivity contribution in [2.24, 2.45) is 11.0 Å². The van der Waals surface area contributed by atoms with Crippen molar-refractivity contribution in [2.75, 3.05) is 12.0 Å². The maximum Gasteiger partial charge on any atom is 0.311 e. The number of anilines is 1. The lowest BCUT2D eigenvalue weighted by atomic mass is 10.2. The third-order valence-electron chi connectivity index (χ3n) is 3.27. The highest BCUT2D eigenvalue weighted by Crippen LogP contribution is 2.29. The lowest BCUT2D eigenvalue weighted by Gasteiger charge is -2.13. The van der Waals surface area contributed by atoms with E-state index in [0.717, 1.165) is 17.8 Å². The molecule has 0 unspecified atom stereocenters. The lowest BCUT2D eigenvalue weighted by Crippen LogP contribution is -2.24. The highest BCUT2D eigenvalue weighted by atomic mass is 32.1. The smallest absolute Gasteiger partial charge is 0.311 e.